The van der Waals surface area contributed by atoms with E-state index >= 15 is 0 Å². The minimum absolute atomic E-state index is 0.140. The van der Waals surface area contributed by atoms with Gasteiger partial charge >= 0.3 is 0 Å². The van der Waals surface area contributed by atoms with Gasteiger partial charge in [-0.15, -0.1) is 23.1 Å². The van der Waals surface area contributed by atoms with E-state index in [0.29, 0.717) is 20.2 Å². The maximum absolute atomic E-state index is 12.1. The molecule has 8 heteroatoms. The van der Waals surface area contributed by atoms with Gasteiger partial charge in [0.2, 0.25) is 5.91 Å². The number of rotatable bonds is 6. The van der Waals surface area contributed by atoms with Gasteiger partial charge < -0.3 is 5.32 Å². The highest BCUT2D eigenvalue weighted by Gasteiger charge is 2.10. The summed E-state index contributed by atoms with van der Waals surface area (Å²) in [4.78, 5) is 18.2. The second kappa shape index (κ2) is 9.11. The summed E-state index contributed by atoms with van der Waals surface area (Å²) >= 11 is 20.7. The van der Waals surface area contributed by atoms with E-state index in [1.807, 2.05) is 24.3 Å². The Bertz CT molecular complexity index is 913. The van der Waals surface area contributed by atoms with Crippen LogP contribution in [0.3, 0.4) is 0 Å². The molecule has 0 fully saturated rings. The van der Waals surface area contributed by atoms with Crippen molar-refractivity contribution in [3.63, 3.8) is 0 Å². The number of hydrogen-bond acceptors (Lipinski definition) is 4. The summed E-state index contributed by atoms with van der Waals surface area (Å²) < 4.78 is 0. The normalized spacial score (nSPS) is 10.7. The fraction of sp³-hybridized carbons (Fsp3) is 0.111. The van der Waals surface area contributed by atoms with Crippen LogP contribution in [0.25, 0.3) is 0 Å². The zero-order chi connectivity index (χ0) is 18.5. The molecule has 134 valence electrons. The van der Waals surface area contributed by atoms with Gasteiger partial charge in [-0.25, -0.2) is 4.98 Å². The molecule has 1 aromatic heterocycles. The fourth-order valence-corrected chi connectivity index (χ4v) is 4.42. The molecule has 0 aliphatic rings. The lowest BCUT2D eigenvalue weighted by Crippen LogP contribution is -2.13. The van der Waals surface area contributed by atoms with Crippen molar-refractivity contribution in [1.29, 1.82) is 0 Å². The van der Waals surface area contributed by atoms with Gasteiger partial charge in [0.25, 0.3) is 0 Å². The summed E-state index contributed by atoms with van der Waals surface area (Å²) in [6, 6.07) is 12.9. The minimum Gasteiger partial charge on any atom is -0.301 e. The predicted octanol–water partition coefficient (Wildman–Crippen LogP) is 6.42. The number of amides is 1. The third-order valence-electron chi connectivity index (χ3n) is 3.34. The summed E-state index contributed by atoms with van der Waals surface area (Å²) in [5.74, 6) is 0.0880. The van der Waals surface area contributed by atoms with Crippen molar-refractivity contribution in [2.24, 2.45) is 0 Å². The number of halogens is 3. The smallest absolute Gasteiger partial charge is 0.236 e. The first-order valence-electron chi connectivity index (χ1n) is 7.56. The fourth-order valence-electron chi connectivity index (χ4n) is 2.14. The van der Waals surface area contributed by atoms with E-state index in [9.17, 15) is 4.79 Å². The lowest BCUT2D eigenvalue weighted by atomic mass is 10.1. The van der Waals surface area contributed by atoms with Crippen molar-refractivity contribution in [1.82, 2.24) is 4.98 Å². The molecule has 0 atom stereocenters. The quantitative estimate of drug-likeness (QED) is 0.447. The maximum Gasteiger partial charge on any atom is 0.236 e. The molecule has 0 aliphatic carbocycles. The Morgan fingerprint density at radius 3 is 2.58 bits per heavy atom. The van der Waals surface area contributed by atoms with Crippen molar-refractivity contribution in [3.8, 4) is 0 Å². The van der Waals surface area contributed by atoms with Gasteiger partial charge in [-0.3, -0.25) is 4.79 Å². The van der Waals surface area contributed by atoms with Crippen LogP contribution in [0.2, 0.25) is 15.1 Å². The van der Waals surface area contributed by atoms with E-state index in [2.05, 4.69) is 10.3 Å². The average Bonchev–Trinajstić information content (AvgIpc) is 3.04. The van der Waals surface area contributed by atoms with Gasteiger partial charge in [-0.2, -0.15) is 0 Å². The van der Waals surface area contributed by atoms with Crippen LogP contribution in [0.15, 0.2) is 53.6 Å². The van der Waals surface area contributed by atoms with E-state index in [-0.39, 0.29) is 11.7 Å². The van der Waals surface area contributed by atoms with E-state index in [1.165, 1.54) is 23.1 Å². The van der Waals surface area contributed by atoms with Gasteiger partial charge in [0.1, 0.15) is 0 Å². The number of hydrogen-bond donors (Lipinski definition) is 1. The third-order valence-corrected chi connectivity index (χ3v) is 6.24. The van der Waals surface area contributed by atoms with Crippen LogP contribution in [-0.4, -0.2) is 16.6 Å². The Morgan fingerprint density at radius 2 is 1.81 bits per heavy atom. The first-order chi connectivity index (χ1) is 12.5. The number of aromatic nitrogens is 1. The minimum atomic E-state index is -0.140. The number of thiazole rings is 1. The first kappa shape index (κ1) is 19.5. The lowest BCUT2D eigenvalue weighted by molar-refractivity contribution is -0.113. The Kier molecular flexibility index (Phi) is 6.84. The van der Waals surface area contributed by atoms with Crippen LogP contribution in [0, 0.1) is 0 Å². The van der Waals surface area contributed by atoms with Crippen molar-refractivity contribution >= 4 is 68.9 Å². The number of thioether (sulfide) groups is 1. The Labute approximate surface area is 174 Å². The number of nitrogens with zero attached hydrogens (tertiary/aromatic N) is 1. The molecular weight excluding hydrogens is 431 g/mol. The Balaban J connectivity index is 1.54. The standard InChI is InChI=1S/C18H13Cl3N2OS2/c19-12-3-1-11(2-4-12)7-14-9-22-18(26-14)23-17(24)10-25-16-8-13(20)5-6-15(16)21/h1-6,8-9H,7,10H2,(H,22,23,24). The van der Waals surface area contributed by atoms with E-state index in [4.69, 9.17) is 34.8 Å². The van der Waals surface area contributed by atoms with Crippen LogP contribution >= 0.6 is 57.9 Å². The van der Waals surface area contributed by atoms with E-state index in [1.54, 1.807) is 24.4 Å². The monoisotopic (exact) mass is 442 g/mol. The highest BCUT2D eigenvalue weighted by Crippen LogP contribution is 2.30. The van der Waals surface area contributed by atoms with Crippen molar-refractivity contribution in [2.45, 2.75) is 11.3 Å². The van der Waals surface area contributed by atoms with E-state index < -0.39 is 0 Å². The van der Waals surface area contributed by atoms with Gasteiger partial charge in [0.05, 0.1) is 10.8 Å². The summed E-state index contributed by atoms with van der Waals surface area (Å²) in [5.41, 5.74) is 1.14. The molecule has 3 aromatic rings. The maximum atomic E-state index is 12.1. The second-order valence-electron chi connectivity index (χ2n) is 5.35. The number of carbonyl (C=O) groups excluding carboxylic acids is 1. The van der Waals surface area contributed by atoms with Crippen LogP contribution in [0.4, 0.5) is 5.13 Å². The SMILES string of the molecule is O=C(CSc1cc(Cl)ccc1Cl)Nc1ncc(Cc2ccc(Cl)cc2)s1. The van der Waals surface area contributed by atoms with Crippen LogP contribution in [-0.2, 0) is 11.2 Å². The molecule has 0 spiro atoms. The highest BCUT2D eigenvalue weighted by atomic mass is 35.5. The van der Waals surface area contributed by atoms with Gasteiger partial charge in [0, 0.05) is 32.4 Å². The molecule has 1 heterocycles. The van der Waals surface area contributed by atoms with Crippen molar-refractivity contribution in [3.05, 3.63) is 74.2 Å². The van der Waals surface area contributed by atoms with Gasteiger partial charge in [-0.05, 0) is 35.9 Å². The predicted molar refractivity (Wildman–Crippen MR) is 112 cm³/mol. The Hall–Kier alpha value is -1.24. The van der Waals surface area contributed by atoms with Crippen molar-refractivity contribution < 1.29 is 4.79 Å². The van der Waals surface area contributed by atoms with Crippen molar-refractivity contribution in [2.75, 3.05) is 11.1 Å². The number of anilines is 1. The largest absolute Gasteiger partial charge is 0.301 e. The number of benzene rings is 2. The van der Waals surface area contributed by atoms with Gasteiger partial charge in [0.15, 0.2) is 5.13 Å². The molecule has 0 radical (unpaired) electrons. The van der Waals surface area contributed by atoms with E-state index in [0.717, 1.165) is 21.8 Å². The Morgan fingerprint density at radius 1 is 1.08 bits per heavy atom. The summed E-state index contributed by atoms with van der Waals surface area (Å²) in [6.07, 6.45) is 2.52. The van der Waals surface area contributed by atoms with Crippen LogP contribution in [0.1, 0.15) is 10.4 Å². The molecule has 2 aromatic carbocycles. The molecule has 0 unspecified atom stereocenters. The molecule has 0 bridgehead atoms. The van der Waals surface area contributed by atoms with Crippen LogP contribution < -0.4 is 5.32 Å². The molecule has 26 heavy (non-hydrogen) atoms. The molecule has 0 aliphatic heterocycles. The second-order valence-corrected chi connectivity index (χ2v) is 8.76. The molecule has 0 saturated heterocycles. The summed E-state index contributed by atoms with van der Waals surface area (Å²) in [5, 5.41) is 5.27. The highest BCUT2D eigenvalue weighted by molar-refractivity contribution is 8.00. The molecule has 3 rings (SSSR count). The zero-order valence-corrected chi connectivity index (χ0v) is 17.2. The summed E-state index contributed by atoms with van der Waals surface area (Å²) in [6.45, 7) is 0. The number of nitrogens with one attached hydrogen (secondary N) is 1. The topological polar surface area (TPSA) is 42.0 Å². The van der Waals surface area contributed by atoms with Crippen LogP contribution in [0.5, 0.6) is 0 Å². The number of carbonyl (C=O) groups is 1. The lowest BCUT2D eigenvalue weighted by Gasteiger charge is -2.04. The molecule has 1 amide bonds. The molecule has 3 nitrogen and oxygen atoms in total. The summed E-state index contributed by atoms with van der Waals surface area (Å²) in [7, 11) is 0. The van der Waals surface area contributed by atoms with Gasteiger partial charge in [-0.1, -0.05) is 46.9 Å². The first-order valence-corrected chi connectivity index (χ1v) is 10.5. The third kappa shape index (κ3) is 5.63. The molecule has 1 N–H and O–H groups in total. The zero-order valence-electron chi connectivity index (χ0n) is 13.3. The average molecular weight is 444 g/mol. The molecular formula is C18H13Cl3N2OS2. The molecule has 0 saturated carbocycles.